The van der Waals surface area contributed by atoms with E-state index < -0.39 is 5.97 Å². The Morgan fingerprint density at radius 3 is 2.78 bits per heavy atom. The normalized spacial score (nSPS) is 18.7. The minimum Gasteiger partial charge on any atom is -0.481 e. The number of carboxylic acid groups (broad SMARTS) is 1. The second-order valence-electron chi connectivity index (χ2n) is 5.28. The predicted octanol–water partition coefficient (Wildman–Crippen LogP) is 2.77. The highest BCUT2D eigenvalue weighted by molar-refractivity contribution is 5.66. The van der Waals surface area contributed by atoms with Gasteiger partial charge in [-0.3, -0.25) is 4.79 Å². The Morgan fingerprint density at radius 2 is 2.11 bits per heavy atom. The van der Waals surface area contributed by atoms with Crippen molar-refractivity contribution < 1.29 is 14.3 Å². The average Bonchev–Trinajstić information content (AvgIpc) is 2.77. The molecule has 5 heteroatoms. The molecule has 0 spiro atoms. The number of aromatic nitrogens is 2. The van der Waals surface area contributed by atoms with Crippen molar-refractivity contribution in [1.82, 2.24) is 10.2 Å². The van der Waals surface area contributed by atoms with E-state index >= 15 is 0 Å². The van der Waals surface area contributed by atoms with Crippen LogP contribution >= 0.6 is 0 Å². The van der Waals surface area contributed by atoms with Crippen molar-refractivity contribution >= 4 is 5.97 Å². The molecule has 0 saturated heterocycles. The Kier molecular flexibility index (Phi) is 4.33. The van der Waals surface area contributed by atoms with Crippen molar-refractivity contribution in [1.29, 1.82) is 0 Å². The van der Waals surface area contributed by atoms with Gasteiger partial charge in [0.25, 0.3) is 0 Å². The molecule has 5 nitrogen and oxygen atoms in total. The van der Waals surface area contributed by atoms with Crippen molar-refractivity contribution in [2.24, 2.45) is 5.92 Å². The molecule has 1 unspecified atom stereocenters. The maximum Gasteiger partial charge on any atom is 0.303 e. The fourth-order valence-corrected chi connectivity index (χ4v) is 2.53. The lowest BCUT2D eigenvalue weighted by Crippen LogP contribution is -2.07. The Hall–Kier alpha value is -1.39. The maximum absolute atomic E-state index is 10.6. The summed E-state index contributed by atoms with van der Waals surface area (Å²) in [5.41, 5.74) is 0. The second-order valence-corrected chi connectivity index (χ2v) is 5.28. The lowest BCUT2D eigenvalue weighted by atomic mass is 9.89. The maximum atomic E-state index is 10.6. The van der Waals surface area contributed by atoms with E-state index in [1.807, 2.05) is 6.92 Å². The van der Waals surface area contributed by atoms with E-state index in [0.717, 1.165) is 18.7 Å². The van der Waals surface area contributed by atoms with Gasteiger partial charge in [-0.15, -0.1) is 10.2 Å². The largest absolute Gasteiger partial charge is 0.481 e. The summed E-state index contributed by atoms with van der Waals surface area (Å²) < 4.78 is 5.66. The number of carbonyl (C=O) groups is 1. The van der Waals surface area contributed by atoms with Crippen LogP contribution in [-0.2, 0) is 11.2 Å². The van der Waals surface area contributed by atoms with Crippen LogP contribution in [0.5, 0.6) is 0 Å². The van der Waals surface area contributed by atoms with Gasteiger partial charge in [0, 0.05) is 18.8 Å². The van der Waals surface area contributed by atoms with Crippen molar-refractivity contribution in [3.63, 3.8) is 0 Å². The van der Waals surface area contributed by atoms with Crippen LogP contribution in [0.25, 0.3) is 0 Å². The third-order valence-corrected chi connectivity index (χ3v) is 3.48. The summed E-state index contributed by atoms with van der Waals surface area (Å²) >= 11 is 0. The molecule has 1 aromatic rings. The summed E-state index contributed by atoms with van der Waals surface area (Å²) in [6.45, 7) is 1.89. The molecule has 1 aliphatic rings. The summed E-state index contributed by atoms with van der Waals surface area (Å²) in [6, 6.07) is 0. The number of hydrogen-bond donors (Lipinski definition) is 1. The van der Waals surface area contributed by atoms with Crippen LogP contribution in [0.1, 0.15) is 63.1 Å². The monoisotopic (exact) mass is 252 g/mol. The van der Waals surface area contributed by atoms with E-state index in [1.165, 1.54) is 19.3 Å². The predicted molar refractivity (Wildman–Crippen MR) is 65.2 cm³/mol. The standard InChI is InChI=1S/C13H20N2O3/c1-9(8-12(16)17)7-11-14-15-13(18-11)10-5-3-2-4-6-10/h9-10H,2-8H2,1H3,(H,16,17). The molecule has 0 radical (unpaired) electrons. The molecule has 0 bridgehead atoms. The first kappa shape index (κ1) is 13.1. The number of nitrogens with zero attached hydrogens (tertiary/aromatic N) is 2. The van der Waals surface area contributed by atoms with Crippen LogP contribution < -0.4 is 0 Å². The van der Waals surface area contributed by atoms with Gasteiger partial charge in [-0.05, 0) is 18.8 Å². The van der Waals surface area contributed by atoms with Gasteiger partial charge >= 0.3 is 5.97 Å². The average molecular weight is 252 g/mol. The van der Waals surface area contributed by atoms with Gasteiger partial charge in [-0.1, -0.05) is 26.2 Å². The fraction of sp³-hybridized carbons (Fsp3) is 0.769. The first-order chi connectivity index (χ1) is 8.65. The zero-order valence-electron chi connectivity index (χ0n) is 10.8. The Labute approximate surface area is 107 Å². The molecule has 1 atom stereocenters. The Bertz CT molecular complexity index is 397. The van der Waals surface area contributed by atoms with Crippen LogP contribution in [0, 0.1) is 5.92 Å². The van der Waals surface area contributed by atoms with E-state index in [9.17, 15) is 4.79 Å². The third-order valence-electron chi connectivity index (χ3n) is 3.48. The topological polar surface area (TPSA) is 76.2 Å². The van der Waals surface area contributed by atoms with Crippen molar-refractivity contribution in [3.8, 4) is 0 Å². The van der Waals surface area contributed by atoms with Crippen LogP contribution in [-0.4, -0.2) is 21.3 Å². The molecule has 0 aliphatic heterocycles. The lowest BCUT2D eigenvalue weighted by molar-refractivity contribution is -0.137. The molecule has 1 fully saturated rings. The van der Waals surface area contributed by atoms with E-state index in [0.29, 0.717) is 18.2 Å². The van der Waals surface area contributed by atoms with Gasteiger partial charge in [0.05, 0.1) is 0 Å². The van der Waals surface area contributed by atoms with Gasteiger partial charge in [-0.2, -0.15) is 0 Å². The van der Waals surface area contributed by atoms with Gasteiger partial charge in [0.15, 0.2) is 0 Å². The second kappa shape index (κ2) is 5.98. The summed E-state index contributed by atoms with van der Waals surface area (Å²) in [5, 5.41) is 16.8. The Morgan fingerprint density at radius 1 is 1.39 bits per heavy atom. The molecular formula is C13H20N2O3. The molecule has 2 rings (SSSR count). The molecule has 1 N–H and O–H groups in total. The van der Waals surface area contributed by atoms with E-state index in [1.54, 1.807) is 0 Å². The van der Waals surface area contributed by atoms with Gasteiger partial charge in [0.2, 0.25) is 11.8 Å². The fourth-order valence-electron chi connectivity index (χ4n) is 2.53. The first-order valence-corrected chi connectivity index (χ1v) is 6.69. The number of rotatable bonds is 5. The molecule has 0 aromatic carbocycles. The molecule has 1 aromatic heterocycles. The highest BCUT2D eigenvalue weighted by Crippen LogP contribution is 2.31. The summed E-state index contributed by atoms with van der Waals surface area (Å²) in [7, 11) is 0. The van der Waals surface area contributed by atoms with Crippen LogP contribution in [0.4, 0.5) is 0 Å². The van der Waals surface area contributed by atoms with Crippen LogP contribution in [0.2, 0.25) is 0 Å². The molecule has 1 aliphatic carbocycles. The number of aliphatic carboxylic acids is 1. The quantitative estimate of drug-likeness (QED) is 0.872. The third kappa shape index (κ3) is 3.55. The molecular weight excluding hydrogens is 232 g/mol. The molecule has 18 heavy (non-hydrogen) atoms. The van der Waals surface area contributed by atoms with Crippen molar-refractivity contribution in [2.45, 2.75) is 57.8 Å². The molecule has 1 heterocycles. The summed E-state index contributed by atoms with van der Waals surface area (Å²) in [4.78, 5) is 10.6. The molecule has 1 saturated carbocycles. The molecule has 0 amide bonds. The number of carboxylic acids is 1. The van der Waals surface area contributed by atoms with Gasteiger partial charge < -0.3 is 9.52 Å². The van der Waals surface area contributed by atoms with Crippen LogP contribution in [0.15, 0.2) is 4.42 Å². The highest BCUT2D eigenvalue weighted by atomic mass is 16.4. The smallest absolute Gasteiger partial charge is 0.303 e. The zero-order chi connectivity index (χ0) is 13.0. The minimum atomic E-state index is -0.783. The minimum absolute atomic E-state index is 0.0298. The highest BCUT2D eigenvalue weighted by Gasteiger charge is 2.22. The van der Waals surface area contributed by atoms with Crippen molar-refractivity contribution in [3.05, 3.63) is 11.8 Å². The molecule has 100 valence electrons. The zero-order valence-corrected chi connectivity index (χ0v) is 10.8. The number of hydrogen-bond acceptors (Lipinski definition) is 4. The Balaban J connectivity index is 1.91. The van der Waals surface area contributed by atoms with E-state index in [-0.39, 0.29) is 12.3 Å². The van der Waals surface area contributed by atoms with Gasteiger partial charge in [0.1, 0.15) is 0 Å². The summed E-state index contributed by atoms with van der Waals surface area (Å²) in [5.74, 6) is 0.975. The summed E-state index contributed by atoms with van der Waals surface area (Å²) in [6.07, 6.45) is 6.72. The van der Waals surface area contributed by atoms with Crippen LogP contribution in [0.3, 0.4) is 0 Å². The van der Waals surface area contributed by atoms with E-state index in [2.05, 4.69) is 10.2 Å². The lowest BCUT2D eigenvalue weighted by Gasteiger charge is -2.17. The SMILES string of the molecule is CC(CC(=O)O)Cc1nnc(C2CCCCC2)o1. The first-order valence-electron chi connectivity index (χ1n) is 6.69. The van der Waals surface area contributed by atoms with Crippen molar-refractivity contribution in [2.75, 3.05) is 0 Å². The van der Waals surface area contributed by atoms with Gasteiger partial charge in [-0.25, -0.2) is 0 Å². The van der Waals surface area contributed by atoms with E-state index in [4.69, 9.17) is 9.52 Å².